The molecule has 0 amide bonds. The van der Waals surface area contributed by atoms with Gasteiger partial charge in [-0.2, -0.15) is 0 Å². The van der Waals surface area contributed by atoms with Gasteiger partial charge in [-0.25, -0.2) is 0 Å². The Labute approximate surface area is 123 Å². The second-order valence-electron chi connectivity index (χ2n) is 5.08. The predicted octanol–water partition coefficient (Wildman–Crippen LogP) is 4.76. The summed E-state index contributed by atoms with van der Waals surface area (Å²) < 4.78 is 5.23. The second-order valence-corrected chi connectivity index (χ2v) is 7.59. The zero-order chi connectivity index (χ0) is 14.5. The molecule has 0 saturated carbocycles. The lowest BCUT2D eigenvalue weighted by molar-refractivity contribution is 0.415. The Morgan fingerprint density at radius 2 is 1.60 bits per heavy atom. The Kier molecular flexibility index (Phi) is 5.20. The van der Waals surface area contributed by atoms with Crippen LogP contribution in [-0.4, -0.2) is 13.8 Å². The maximum atomic E-state index is 5.23. The van der Waals surface area contributed by atoms with Crippen LogP contribution in [0.3, 0.4) is 0 Å². The van der Waals surface area contributed by atoms with Crippen molar-refractivity contribution >= 4 is 13.2 Å². The molecule has 2 aromatic carbocycles. The predicted molar refractivity (Wildman–Crippen MR) is 89.7 cm³/mol. The van der Waals surface area contributed by atoms with Crippen molar-refractivity contribution in [3.8, 4) is 5.75 Å². The molecule has 2 rings (SSSR count). The summed E-state index contributed by atoms with van der Waals surface area (Å²) in [6.07, 6.45) is 1.11. The Hall–Kier alpha value is -1.33. The van der Waals surface area contributed by atoms with Gasteiger partial charge in [-0.3, -0.25) is 0 Å². The quantitative estimate of drug-likeness (QED) is 0.720. The molecule has 0 aliphatic carbocycles. The molecule has 20 heavy (non-hydrogen) atoms. The van der Waals surface area contributed by atoms with E-state index in [-0.39, 0.29) is 7.92 Å². The summed E-state index contributed by atoms with van der Waals surface area (Å²) in [6, 6.07) is 17.6. The molecule has 2 unspecified atom stereocenters. The van der Waals surface area contributed by atoms with E-state index < -0.39 is 0 Å². The van der Waals surface area contributed by atoms with E-state index >= 15 is 0 Å². The highest BCUT2D eigenvalue weighted by Crippen LogP contribution is 2.46. The van der Waals surface area contributed by atoms with Crippen molar-refractivity contribution < 1.29 is 4.74 Å². The Morgan fingerprint density at radius 3 is 2.10 bits per heavy atom. The number of rotatable bonds is 5. The molecule has 0 heterocycles. The molecule has 106 valence electrons. The fourth-order valence-electron chi connectivity index (χ4n) is 2.30. The normalized spacial score (nSPS) is 13.8. The van der Waals surface area contributed by atoms with E-state index in [2.05, 4.69) is 69.0 Å². The van der Waals surface area contributed by atoms with Crippen molar-refractivity contribution in [2.24, 2.45) is 0 Å². The first-order valence-corrected chi connectivity index (χ1v) is 8.97. The first kappa shape index (κ1) is 15.1. The van der Waals surface area contributed by atoms with Crippen LogP contribution in [0.5, 0.6) is 5.75 Å². The lowest BCUT2D eigenvalue weighted by atomic mass is 10.1. The molecule has 2 heteroatoms. The number of ether oxygens (including phenoxy) is 1. The van der Waals surface area contributed by atoms with Crippen LogP contribution in [0.25, 0.3) is 0 Å². The molecule has 0 N–H and O–H groups in total. The summed E-state index contributed by atoms with van der Waals surface area (Å²) in [6.45, 7) is 6.88. The van der Waals surface area contributed by atoms with Gasteiger partial charge in [0.05, 0.1) is 7.11 Å². The van der Waals surface area contributed by atoms with Gasteiger partial charge in [-0.05, 0) is 41.6 Å². The molecule has 0 fully saturated rings. The second kappa shape index (κ2) is 6.90. The van der Waals surface area contributed by atoms with Gasteiger partial charge in [0.2, 0.25) is 0 Å². The minimum absolute atomic E-state index is 0.200. The van der Waals surface area contributed by atoms with Crippen molar-refractivity contribution in [2.45, 2.75) is 25.9 Å². The number of hydrogen-bond acceptors (Lipinski definition) is 1. The largest absolute Gasteiger partial charge is 0.497 e. The maximum Gasteiger partial charge on any atom is 0.118 e. The maximum absolute atomic E-state index is 5.23. The van der Waals surface area contributed by atoms with Crippen LogP contribution in [0.2, 0.25) is 0 Å². The van der Waals surface area contributed by atoms with Gasteiger partial charge in [-0.1, -0.05) is 58.2 Å². The van der Waals surface area contributed by atoms with Gasteiger partial charge in [0, 0.05) is 5.66 Å². The highest BCUT2D eigenvalue weighted by molar-refractivity contribution is 7.65. The number of hydrogen-bond donors (Lipinski definition) is 0. The molecule has 0 bridgehead atoms. The van der Waals surface area contributed by atoms with E-state index in [9.17, 15) is 0 Å². The molecule has 0 saturated heterocycles. The number of aryl methyl sites for hydroxylation is 1. The molecule has 1 nitrogen and oxygen atoms in total. The molecule has 0 aliphatic heterocycles. The summed E-state index contributed by atoms with van der Waals surface area (Å²) in [4.78, 5) is 0. The molecule has 0 spiro atoms. The van der Waals surface area contributed by atoms with Gasteiger partial charge >= 0.3 is 0 Å². The molecule has 0 radical (unpaired) electrons. The Morgan fingerprint density at radius 1 is 1.00 bits per heavy atom. The van der Waals surface area contributed by atoms with Crippen LogP contribution < -0.4 is 10.0 Å². The van der Waals surface area contributed by atoms with Gasteiger partial charge in [-0.15, -0.1) is 0 Å². The van der Waals surface area contributed by atoms with Gasteiger partial charge in [0.1, 0.15) is 5.75 Å². The van der Waals surface area contributed by atoms with E-state index in [4.69, 9.17) is 4.74 Å². The summed E-state index contributed by atoms with van der Waals surface area (Å²) in [7, 11) is 1.51. The minimum atomic E-state index is -0.200. The van der Waals surface area contributed by atoms with E-state index in [1.54, 1.807) is 7.11 Å². The van der Waals surface area contributed by atoms with Crippen LogP contribution in [0.1, 0.15) is 30.6 Å². The summed E-state index contributed by atoms with van der Waals surface area (Å²) in [5.74, 6) is 0.928. The average molecular weight is 286 g/mol. The Bertz CT molecular complexity index is 479. The zero-order valence-corrected chi connectivity index (χ0v) is 13.7. The molecule has 0 aromatic heterocycles. The third-order valence-corrected chi connectivity index (χ3v) is 6.50. The minimum Gasteiger partial charge on any atom is -0.497 e. The van der Waals surface area contributed by atoms with Crippen LogP contribution in [0, 0.1) is 0 Å². The van der Waals surface area contributed by atoms with Gasteiger partial charge < -0.3 is 4.74 Å². The zero-order valence-electron chi connectivity index (χ0n) is 12.8. The van der Waals surface area contributed by atoms with Crippen molar-refractivity contribution in [2.75, 3.05) is 13.8 Å². The summed E-state index contributed by atoms with van der Waals surface area (Å²) in [5, 5.41) is 1.42. The van der Waals surface area contributed by atoms with E-state index in [1.165, 1.54) is 16.4 Å². The third kappa shape index (κ3) is 3.41. The average Bonchev–Trinajstić information content (AvgIpc) is 2.53. The number of methoxy groups -OCH3 is 1. The lowest BCUT2D eigenvalue weighted by Gasteiger charge is -2.22. The fourth-order valence-corrected chi connectivity index (χ4v) is 3.98. The fraction of sp³-hybridized carbons (Fsp3) is 0.333. The smallest absolute Gasteiger partial charge is 0.118 e. The SMILES string of the molecule is CCc1ccc(C(C)P(C)c2ccc(OC)cc2)cc1. The highest BCUT2D eigenvalue weighted by atomic mass is 31.1. The molecule has 0 aliphatic rings. The summed E-state index contributed by atoms with van der Waals surface area (Å²) >= 11 is 0. The molecule has 2 aromatic rings. The van der Waals surface area contributed by atoms with Gasteiger partial charge in [0.15, 0.2) is 0 Å². The van der Waals surface area contributed by atoms with Crippen LogP contribution in [0.4, 0.5) is 0 Å². The lowest BCUT2D eigenvalue weighted by Crippen LogP contribution is -2.05. The molecular formula is C18H23OP. The Balaban J connectivity index is 2.15. The topological polar surface area (TPSA) is 9.23 Å². The van der Waals surface area contributed by atoms with Crippen LogP contribution in [-0.2, 0) is 6.42 Å². The van der Waals surface area contributed by atoms with Crippen molar-refractivity contribution in [3.05, 3.63) is 59.7 Å². The standard InChI is InChI=1S/C18H23OP/c1-5-15-6-8-16(9-7-15)14(2)20(4)18-12-10-17(19-3)11-13-18/h6-14H,5H2,1-4H3. The number of benzene rings is 2. The van der Waals surface area contributed by atoms with Crippen molar-refractivity contribution in [3.63, 3.8) is 0 Å². The first-order chi connectivity index (χ1) is 9.65. The molecular weight excluding hydrogens is 263 g/mol. The summed E-state index contributed by atoms with van der Waals surface area (Å²) in [5.41, 5.74) is 3.42. The van der Waals surface area contributed by atoms with E-state index in [0.29, 0.717) is 5.66 Å². The molecule has 2 atom stereocenters. The monoisotopic (exact) mass is 286 g/mol. The van der Waals surface area contributed by atoms with Crippen molar-refractivity contribution in [1.29, 1.82) is 0 Å². The first-order valence-electron chi connectivity index (χ1n) is 7.11. The van der Waals surface area contributed by atoms with Crippen LogP contribution >= 0.6 is 7.92 Å². The van der Waals surface area contributed by atoms with Crippen molar-refractivity contribution in [1.82, 2.24) is 0 Å². The highest BCUT2D eigenvalue weighted by Gasteiger charge is 2.15. The van der Waals surface area contributed by atoms with E-state index in [0.717, 1.165) is 12.2 Å². The third-order valence-electron chi connectivity index (χ3n) is 3.93. The van der Waals surface area contributed by atoms with E-state index in [1.807, 2.05) is 0 Å². The van der Waals surface area contributed by atoms with Crippen LogP contribution in [0.15, 0.2) is 48.5 Å². The van der Waals surface area contributed by atoms with Gasteiger partial charge in [0.25, 0.3) is 0 Å².